The zero-order valence-corrected chi connectivity index (χ0v) is 9.02. The number of nitrogens with zero attached hydrogens (tertiary/aromatic N) is 1. The van der Waals surface area contributed by atoms with Crippen molar-refractivity contribution in [2.45, 2.75) is 45.1 Å². The zero-order chi connectivity index (χ0) is 9.52. The second-order valence-electron chi connectivity index (χ2n) is 3.43. The van der Waals surface area contributed by atoms with Gasteiger partial charge in [-0.2, -0.15) is 0 Å². The van der Waals surface area contributed by atoms with Gasteiger partial charge in [-0.25, -0.2) is 0 Å². The number of hydrogen-bond acceptors (Lipinski definition) is 3. The van der Waals surface area contributed by atoms with Crippen LogP contribution in [0.3, 0.4) is 0 Å². The number of thiazole rings is 1. The Kier molecular flexibility index (Phi) is 5.01. The lowest BCUT2D eigenvalue weighted by atomic mass is 10.1. The lowest BCUT2D eigenvalue weighted by molar-refractivity contribution is 0.560. The van der Waals surface area contributed by atoms with Crippen LogP contribution in [0.4, 0.5) is 0 Å². The van der Waals surface area contributed by atoms with Crippen molar-refractivity contribution in [2.75, 3.05) is 0 Å². The lowest BCUT2D eigenvalue weighted by Crippen LogP contribution is -2.22. The molecule has 0 saturated carbocycles. The van der Waals surface area contributed by atoms with Crippen LogP contribution >= 0.6 is 11.3 Å². The first kappa shape index (κ1) is 10.7. The van der Waals surface area contributed by atoms with E-state index in [0.717, 1.165) is 12.8 Å². The first-order valence-corrected chi connectivity index (χ1v) is 5.84. The second kappa shape index (κ2) is 6.11. The second-order valence-corrected chi connectivity index (χ2v) is 4.40. The highest BCUT2D eigenvalue weighted by molar-refractivity contribution is 7.09. The van der Waals surface area contributed by atoms with Gasteiger partial charge in [0.25, 0.3) is 0 Å². The predicted molar refractivity (Wildman–Crippen MR) is 57.9 cm³/mol. The lowest BCUT2D eigenvalue weighted by Gasteiger charge is -2.08. The molecule has 1 atom stereocenters. The van der Waals surface area contributed by atoms with Crippen molar-refractivity contribution >= 4 is 11.3 Å². The van der Waals surface area contributed by atoms with E-state index in [-0.39, 0.29) is 0 Å². The third kappa shape index (κ3) is 4.39. The van der Waals surface area contributed by atoms with Crippen LogP contribution in [0.1, 0.15) is 37.5 Å². The van der Waals surface area contributed by atoms with Crippen LogP contribution in [0, 0.1) is 0 Å². The fourth-order valence-corrected chi connectivity index (χ4v) is 2.05. The molecule has 0 aliphatic heterocycles. The van der Waals surface area contributed by atoms with Crippen molar-refractivity contribution in [1.29, 1.82) is 0 Å². The molecule has 0 aromatic carbocycles. The van der Waals surface area contributed by atoms with Crippen molar-refractivity contribution < 1.29 is 0 Å². The third-order valence-corrected chi connectivity index (χ3v) is 2.93. The van der Waals surface area contributed by atoms with Crippen LogP contribution in [0.2, 0.25) is 0 Å². The molecular formula is C10H18N2S. The quantitative estimate of drug-likeness (QED) is 0.714. The molecule has 0 saturated heterocycles. The third-order valence-electron chi connectivity index (χ3n) is 2.13. The average Bonchev–Trinajstić information content (AvgIpc) is 2.57. The summed E-state index contributed by atoms with van der Waals surface area (Å²) in [5, 5.41) is 0. The molecule has 0 fully saturated rings. The van der Waals surface area contributed by atoms with E-state index in [2.05, 4.69) is 11.9 Å². The van der Waals surface area contributed by atoms with Gasteiger partial charge in [-0.15, -0.1) is 11.3 Å². The summed E-state index contributed by atoms with van der Waals surface area (Å²) in [6, 6.07) is 0.326. The molecule has 2 nitrogen and oxygen atoms in total. The van der Waals surface area contributed by atoms with Gasteiger partial charge in [-0.1, -0.05) is 26.2 Å². The first-order chi connectivity index (χ1) is 6.33. The Morgan fingerprint density at radius 1 is 1.54 bits per heavy atom. The molecule has 74 valence electrons. The summed E-state index contributed by atoms with van der Waals surface area (Å²) < 4.78 is 0. The Bertz CT molecular complexity index is 209. The summed E-state index contributed by atoms with van der Waals surface area (Å²) in [5.41, 5.74) is 7.85. The standard InChI is InChI=1S/C10H18N2S/c1-2-3-4-5-9(11)6-10-7-12-8-13-10/h7-9H,2-6,11H2,1H3. The first-order valence-electron chi connectivity index (χ1n) is 4.96. The van der Waals surface area contributed by atoms with Crippen molar-refractivity contribution in [1.82, 2.24) is 4.98 Å². The highest BCUT2D eigenvalue weighted by Crippen LogP contribution is 2.11. The van der Waals surface area contributed by atoms with Gasteiger partial charge in [0.15, 0.2) is 0 Å². The van der Waals surface area contributed by atoms with E-state index in [9.17, 15) is 0 Å². The Morgan fingerprint density at radius 2 is 2.38 bits per heavy atom. The van der Waals surface area contributed by atoms with E-state index in [1.54, 1.807) is 11.3 Å². The van der Waals surface area contributed by atoms with Crippen LogP contribution in [0.5, 0.6) is 0 Å². The van der Waals surface area contributed by atoms with E-state index in [0.29, 0.717) is 6.04 Å². The molecule has 13 heavy (non-hydrogen) atoms. The average molecular weight is 198 g/mol. The summed E-state index contributed by atoms with van der Waals surface area (Å²) in [6.45, 7) is 2.22. The van der Waals surface area contributed by atoms with Crippen LogP contribution in [0.15, 0.2) is 11.7 Å². The van der Waals surface area contributed by atoms with E-state index in [1.807, 2.05) is 11.7 Å². The fourth-order valence-electron chi connectivity index (χ4n) is 1.36. The van der Waals surface area contributed by atoms with E-state index >= 15 is 0 Å². The van der Waals surface area contributed by atoms with Gasteiger partial charge in [0.2, 0.25) is 0 Å². The molecule has 0 bridgehead atoms. The Balaban J connectivity index is 2.14. The Labute approximate surface area is 84.2 Å². The molecule has 3 heteroatoms. The topological polar surface area (TPSA) is 38.9 Å². The van der Waals surface area contributed by atoms with E-state index in [1.165, 1.54) is 24.1 Å². The zero-order valence-electron chi connectivity index (χ0n) is 8.20. The van der Waals surface area contributed by atoms with Crippen molar-refractivity contribution in [3.63, 3.8) is 0 Å². The van der Waals surface area contributed by atoms with Crippen LogP contribution in [-0.2, 0) is 6.42 Å². The van der Waals surface area contributed by atoms with E-state index in [4.69, 9.17) is 5.73 Å². The fraction of sp³-hybridized carbons (Fsp3) is 0.700. The molecule has 1 unspecified atom stereocenters. The van der Waals surface area contributed by atoms with Crippen molar-refractivity contribution in [3.8, 4) is 0 Å². The van der Waals surface area contributed by atoms with Gasteiger partial charge in [0.1, 0.15) is 0 Å². The minimum atomic E-state index is 0.326. The van der Waals surface area contributed by atoms with Gasteiger partial charge in [0.05, 0.1) is 5.51 Å². The SMILES string of the molecule is CCCCCC(N)Cc1cncs1. The predicted octanol–water partition coefficient (Wildman–Crippen LogP) is 2.59. The monoisotopic (exact) mass is 198 g/mol. The molecule has 1 aromatic rings. The molecule has 1 heterocycles. The minimum Gasteiger partial charge on any atom is -0.327 e. The van der Waals surface area contributed by atoms with Gasteiger partial charge in [-0.3, -0.25) is 4.98 Å². The van der Waals surface area contributed by atoms with Crippen molar-refractivity contribution in [2.24, 2.45) is 5.73 Å². The molecule has 0 spiro atoms. The number of aromatic nitrogens is 1. The Hall–Kier alpha value is -0.410. The van der Waals surface area contributed by atoms with Gasteiger partial charge >= 0.3 is 0 Å². The molecule has 0 amide bonds. The summed E-state index contributed by atoms with van der Waals surface area (Å²) in [7, 11) is 0. The van der Waals surface area contributed by atoms with Crippen LogP contribution < -0.4 is 5.73 Å². The number of rotatable bonds is 6. The minimum absolute atomic E-state index is 0.326. The van der Waals surface area contributed by atoms with E-state index < -0.39 is 0 Å². The van der Waals surface area contributed by atoms with Crippen molar-refractivity contribution in [3.05, 3.63) is 16.6 Å². The van der Waals surface area contributed by atoms with Gasteiger partial charge in [-0.05, 0) is 12.8 Å². The smallest absolute Gasteiger partial charge is 0.0794 e. The number of unbranched alkanes of at least 4 members (excludes halogenated alkanes) is 2. The number of nitrogens with two attached hydrogens (primary N) is 1. The molecule has 0 aliphatic carbocycles. The molecule has 0 radical (unpaired) electrons. The normalized spacial score (nSPS) is 13.1. The largest absolute Gasteiger partial charge is 0.327 e. The molecule has 2 N–H and O–H groups in total. The summed E-state index contributed by atoms with van der Waals surface area (Å²) in [6.07, 6.45) is 7.89. The maximum Gasteiger partial charge on any atom is 0.0794 e. The maximum absolute atomic E-state index is 5.98. The summed E-state index contributed by atoms with van der Waals surface area (Å²) >= 11 is 1.70. The van der Waals surface area contributed by atoms with Crippen LogP contribution in [-0.4, -0.2) is 11.0 Å². The number of hydrogen-bond donors (Lipinski definition) is 1. The van der Waals surface area contributed by atoms with Gasteiger partial charge < -0.3 is 5.73 Å². The highest BCUT2D eigenvalue weighted by Gasteiger charge is 2.04. The van der Waals surface area contributed by atoms with Gasteiger partial charge in [0, 0.05) is 17.1 Å². The molecular weight excluding hydrogens is 180 g/mol. The van der Waals surface area contributed by atoms with Crippen LogP contribution in [0.25, 0.3) is 0 Å². The summed E-state index contributed by atoms with van der Waals surface area (Å²) in [4.78, 5) is 5.34. The Morgan fingerprint density at radius 3 is 3.00 bits per heavy atom. The maximum atomic E-state index is 5.98. The molecule has 1 aromatic heterocycles. The summed E-state index contributed by atoms with van der Waals surface area (Å²) in [5.74, 6) is 0. The molecule has 0 aliphatic rings. The molecule has 1 rings (SSSR count). The highest BCUT2D eigenvalue weighted by atomic mass is 32.1.